The summed E-state index contributed by atoms with van der Waals surface area (Å²) < 4.78 is 13.6. The molecule has 5 heteroatoms. The smallest absolute Gasteiger partial charge is 0.233 e. The van der Waals surface area contributed by atoms with Gasteiger partial charge in [-0.1, -0.05) is 12.5 Å². The Hall–Kier alpha value is -2.56. The van der Waals surface area contributed by atoms with Crippen LogP contribution in [0.4, 0.5) is 10.1 Å². The predicted octanol–water partition coefficient (Wildman–Crippen LogP) is 4.72. The van der Waals surface area contributed by atoms with Gasteiger partial charge in [-0.15, -0.1) is 0 Å². The van der Waals surface area contributed by atoms with E-state index < -0.39 is 5.41 Å². The van der Waals surface area contributed by atoms with Crippen molar-refractivity contribution in [1.29, 1.82) is 0 Å². The van der Waals surface area contributed by atoms with Crippen LogP contribution in [-0.2, 0) is 4.79 Å². The Labute approximate surface area is 164 Å². The highest BCUT2D eigenvalue weighted by atomic mass is 19.1. The third kappa shape index (κ3) is 3.58. The van der Waals surface area contributed by atoms with Gasteiger partial charge in [-0.05, 0) is 68.9 Å². The van der Waals surface area contributed by atoms with Crippen molar-refractivity contribution in [2.24, 2.45) is 11.3 Å². The van der Waals surface area contributed by atoms with E-state index in [1.54, 1.807) is 29.3 Å². The minimum Gasteiger partial charge on any atom is -0.312 e. The van der Waals surface area contributed by atoms with Crippen molar-refractivity contribution in [1.82, 2.24) is 4.98 Å². The molecule has 0 unspecified atom stereocenters. The van der Waals surface area contributed by atoms with Crippen LogP contribution in [0.25, 0.3) is 0 Å². The number of benzene rings is 1. The molecule has 1 aromatic carbocycles. The first kappa shape index (κ1) is 18.8. The Kier molecular flexibility index (Phi) is 5.00. The highest BCUT2D eigenvalue weighted by molar-refractivity contribution is 6.00. The molecular weight excluding hydrogens is 355 g/mol. The molecule has 1 aliphatic heterocycles. The number of aromatic nitrogens is 1. The molecule has 1 saturated heterocycles. The molecule has 1 aliphatic carbocycles. The minimum atomic E-state index is -0.399. The fourth-order valence-corrected chi connectivity index (χ4v) is 4.89. The molecule has 28 heavy (non-hydrogen) atoms. The zero-order valence-electron chi connectivity index (χ0n) is 16.2. The molecule has 1 amide bonds. The largest absolute Gasteiger partial charge is 0.312 e. The fourth-order valence-electron chi connectivity index (χ4n) is 4.89. The molecule has 4 nitrogen and oxygen atoms in total. The summed E-state index contributed by atoms with van der Waals surface area (Å²) in [5.41, 5.74) is 1.77. The number of rotatable bonds is 4. The summed E-state index contributed by atoms with van der Waals surface area (Å²) in [5, 5.41) is 0. The second-order valence-electron chi connectivity index (χ2n) is 8.24. The molecular formula is C23H25FN2O2. The lowest BCUT2D eigenvalue weighted by atomic mass is 9.67. The first-order chi connectivity index (χ1) is 13.5. The average molecular weight is 380 g/mol. The molecule has 146 valence electrons. The van der Waals surface area contributed by atoms with E-state index in [1.807, 2.05) is 13.0 Å². The van der Waals surface area contributed by atoms with Gasteiger partial charge in [0.05, 0.1) is 5.41 Å². The van der Waals surface area contributed by atoms with Gasteiger partial charge in [0.1, 0.15) is 5.82 Å². The van der Waals surface area contributed by atoms with Gasteiger partial charge in [0.2, 0.25) is 5.91 Å². The first-order valence-corrected chi connectivity index (χ1v) is 10.0. The Bertz CT molecular complexity index is 913. The summed E-state index contributed by atoms with van der Waals surface area (Å²) in [5.74, 6) is 0.104. The molecule has 0 bridgehead atoms. The third-order valence-corrected chi connectivity index (χ3v) is 6.27. The topological polar surface area (TPSA) is 50.3 Å². The number of amides is 1. The number of carbonyl (C=O) groups excluding carboxylic acids is 2. The molecule has 0 N–H and O–H groups in total. The second-order valence-corrected chi connectivity index (χ2v) is 8.24. The number of pyridine rings is 1. The van der Waals surface area contributed by atoms with E-state index in [-0.39, 0.29) is 23.4 Å². The number of nitrogens with zero attached hydrogens (tertiary/aromatic N) is 2. The van der Waals surface area contributed by atoms with E-state index >= 15 is 0 Å². The normalized spacial score (nSPS) is 24.7. The van der Waals surface area contributed by atoms with Crippen molar-refractivity contribution in [3.8, 4) is 0 Å². The lowest BCUT2D eigenvalue weighted by Crippen LogP contribution is -2.38. The molecule has 0 radical (unpaired) electrons. The number of ketones is 1. The highest BCUT2D eigenvalue weighted by Gasteiger charge is 2.49. The first-order valence-electron chi connectivity index (χ1n) is 10.0. The second kappa shape index (κ2) is 7.46. The number of anilines is 1. The lowest BCUT2D eigenvalue weighted by Gasteiger charge is -2.36. The summed E-state index contributed by atoms with van der Waals surface area (Å²) >= 11 is 0. The van der Waals surface area contributed by atoms with Crippen LogP contribution in [-0.4, -0.2) is 23.2 Å². The van der Waals surface area contributed by atoms with Crippen LogP contribution >= 0.6 is 0 Å². The zero-order valence-corrected chi connectivity index (χ0v) is 16.2. The van der Waals surface area contributed by atoms with Gasteiger partial charge in [-0.2, -0.15) is 0 Å². The van der Waals surface area contributed by atoms with Crippen molar-refractivity contribution in [2.45, 2.75) is 45.4 Å². The van der Waals surface area contributed by atoms with Gasteiger partial charge in [-0.25, -0.2) is 4.39 Å². The van der Waals surface area contributed by atoms with Crippen LogP contribution in [0, 0.1) is 24.1 Å². The third-order valence-electron chi connectivity index (χ3n) is 6.27. The summed E-state index contributed by atoms with van der Waals surface area (Å²) in [4.78, 5) is 31.8. The van der Waals surface area contributed by atoms with Crippen molar-refractivity contribution >= 4 is 17.4 Å². The average Bonchev–Trinajstić information content (AvgIpc) is 2.97. The summed E-state index contributed by atoms with van der Waals surface area (Å²) in [6, 6.07) is 9.83. The van der Waals surface area contributed by atoms with Crippen molar-refractivity contribution < 1.29 is 14.0 Å². The molecule has 2 aliphatic rings. The summed E-state index contributed by atoms with van der Waals surface area (Å²) in [6.07, 6.45) is 6.45. The molecule has 2 aromatic rings. The molecule has 1 aromatic heterocycles. The Morgan fingerprint density at radius 3 is 2.93 bits per heavy atom. The van der Waals surface area contributed by atoms with Crippen LogP contribution in [0.5, 0.6) is 0 Å². The molecule has 2 heterocycles. The maximum atomic E-state index is 13.6. The monoisotopic (exact) mass is 380 g/mol. The highest BCUT2D eigenvalue weighted by Crippen LogP contribution is 2.48. The number of carbonyl (C=O) groups is 2. The Morgan fingerprint density at radius 2 is 2.14 bits per heavy atom. The van der Waals surface area contributed by atoms with Crippen LogP contribution < -0.4 is 4.90 Å². The van der Waals surface area contributed by atoms with E-state index in [2.05, 4.69) is 4.98 Å². The van der Waals surface area contributed by atoms with Crippen LogP contribution in [0.3, 0.4) is 0 Å². The van der Waals surface area contributed by atoms with E-state index in [0.29, 0.717) is 24.2 Å². The van der Waals surface area contributed by atoms with Crippen molar-refractivity contribution in [3.63, 3.8) is 0 Å². The maximum absolute atomic E-state index is 13.6. The lowest BCUT2D eigenvalue weighted by molar-refractivity contribution is -0.128. The van der Waals surface area contributed by atoms with Crippen molar-refractivity contribution in [2.75, 3.05) is 11.4 Å². The number of hydrogen-bond donors (Lipinski definition) is 0. The van der Waals surface area contributed by atoms with Gasteiger partial charge in [0.15, 0.2) is 5.78 Å². The number of halogens is 1. The van der Waals surface area contributed by atoms with Gasteiger partial charge in [0.25, 0.3) is 0 Å². The molecule has 2 atom stereocenters. The predicted molar refractivity (Wildman–Crippen MR) is 106 cm³/mol. The summed E-state index contributed by atoms with van der Waals surface area (Å²) in [7, 11) is 0. The number of Topliss-reactive ketones (excluding diaryl/α,β-unsaturated/α-hetero) is 1. The number of hydrogen-bond acceptors (Lipinski definition) is 3. The van der Waals surface area contributed by atoms with Crippen LogP contribution in [0.2, 0.25) is 0 Å². The SMILES string of the molecule is Cc1cc(C(=O)C[C@@H]2CCC[C@@]3(CCN(c4cccc(F)c4)C3=O)C2)ccn1. The number of aryl methyl sites for hydroxylation is 1. The quantitative estimate of drug-likeness (QED) is 0.722. The maximum Gasteiger partial charge on any atom is 0.233 e. The van der Waals surface area contributed by atoms with Gasteiger partial charge >= 0.3 is 0 Å². The van der Waals surface area contributed by atoms with Gasteiger partial charge < -0.3 is 4.90 Å². The minimum absolute atomic E-state index is 0.0926. The van der Waals surface area contributed by atoms with Crippen molar-refractivity contribution in [3.05, 3.63) is 59.7 Å². The van der Waals surface area contributed by atoms with Gasteiger partial charge in [0, 0.05) is 36.1 Å². The zero-order chi connectivity index (χ0) is 19.7. The molecule has 1 spiro atoms. The van der Waals surface area contributed by atoms with E-state index in [1.165, 1.54) is 12.1 Å². The Morgan fingerprint density at radius 1 is 1.29 bits per heavy atom. The standard InChI is InChI=1S/C23H25FN2O2/c1-16-12-18(7-10-25-16)21(27)13-17-4-3-8-23(15-17)9-11-26(22(23)28)20-6-2-5-19(24)14-20/h2,5-7,10,12,14,17H,3-4,8-9,11,13,15H2,1H3/t17-,23+/m0/s1. The summed E-state index contributed by atoms with van der Waals surface area (Å²) in [6.45, 7) is 2.50. The van der Waals surface area contributed by atoms with E-state index in [9.17, 15) is 14.0 Å². The van der Waals surface area contributed by atoms with E-state index in [0.717, 1.165) is 37.8 Å². The Balaban J connectivity index is 1.47. The van der Waals surface area contributed by atoms with Crippen LogP contribution in [0.1, 0.15) is 54.6 Å². The molecule has 4 rings (SSSR count). The molecule has 1 saturated carbocycles. The molecule has 2 fully saturated rings. The fraction of sp³-hybridized carbons (Fsp3) is 0.435. The van der Waals surface area contributed by atoms with Crippen LogP contribution in [0.15, 0.2) is 42.6 Å². The van der Waals surface area contributed by atoms with E-state index in [4.69, 9.17) is 0 Å². The van der Waals surface area contributed by atoms with Gasteiger partial charge in [-0.3, -0.25) is 14.6 Å².